The van der Waals surface area contributed by atoms with E-state index in [4.69, 9.17) is 0 Å². The van der Waals surface area contributed by atoms with E-state index in [1.807, 2.05) is 47.5 Å². The summed E-state index contributed by atoms with van der Waals surface area (Å²) in [4.78, 5) is 27.5. The van der Waals surface area contributed by atoms with Gasteiger partial charge in [-0.1, -0.05) is 23.5 Å². The molecule has 1 aliphatic heterocycles. The number of anilines is 2. The summed E-state index contributed by atoms with van der Waals surface area (Å²) in [5, 5.41) is 14.3. The van der Waals surface area contributed by atoms with Gasteiger partial charge >= 0.3 is 0 Å². The Hall–Kier alpha value is -2.58. The maximum Gasteiger partial charge on any atom is 0.231 e. The number of amides is 2. The number of hydrogen-bond acceptors (Lipinski definition) is 6. The van der Waals surface area contributed by atoms with Gasteiger partial charge in [-0.2, -0.15) is 0 Å². The Morgan fingerprint density at radius 1 is 1.25 bits per heavy atom. The van der Waals surface area contributed by atoms with E-state index in [-0.39, 0.29) is 17.7 Å². The van der Waals surface area contributed by atoms with Crippen LogP contribution >= 0.6 is 22.7 Å². The van der Waals surface area contributed by atoms with E-state index in [1.165, 1.54) is 22.5 Å². The molecule has 1 atom stereocenters. The second-order valence-electron chi connectivity index (χ2n) is 6.92. The van der Waals surface area contributed by atoms with Gasteiger partial charge in [-0.3, -0.25) is 9.59 Å². The average molecular weight is 413 g/mol. The molecule has 4 rings (SSSR count). The van der Waals surface area contributed by atoms with Crippen molar-refractivity contribution in [3.05, 3.63) is 56.7 Å². The highest BCUT2D eigenvalue weighted by Crippen LogP contribution is 2.34. The van der Waals surface area contributed by atoms with Gasteiger partial charge in [0.25, 0.3) is 0 Å². The van der Waals surface area contributed by atoms with Crippen LogP contribution in [0.1, 0.15) is 33.4 Å². The molecule has 1 aliphatic rings. The molecule has 28 heavy (non-hydrogen) atoms. The maximum absolute atomic E-state index is 12.5. The van der Waals surface area contributed by atoms with Gasteiger partial charge in [-0.25, -0.2) is 0 Å². The van der Waals surface area contributed by atoms with Gasteiger partial charge in [-0.15, -0.1) is 21.5 Å². The molecular formula is C20H20N4O2S2. The van der Waals surface area contributed by atoms with Gasteiger partial charge in [0.05, 0.1) is 6.42 Å². The highest BCUT2D eigenvalue weighted by atomic mass is 32.1. The number of benzene rings is 1. The van der Waals surface area contributed by atoms with Crippen molar-refractivity contribution >= 4 is 45.3 Å². The maximum atomic E-state index is 12.5. The normalized spacial score (nSPS) is 16.6. The van der Waals surface area contributed by atoms with Crippen LogP contribution in [0.4, 0.5) is 10.8 Å². The average Bonchev–Trinajstić information content (AvgIpc) is 3.39. The first-order chi connectivity index (χ1) is 13.5. The van der Waals surface area contributed by atoms with Crippen LogP contribution in [0.25, 0.3) is 0 Å². The summed E-state index contributed by atoms with van der Waals surface area (Å²) in [6.45, 7) is 4.69. The lowest BCUT2D eigenvalue weighted by Crippen LogP contribution is -2.24. The number of carbonyl (C=O) groups is 2. The molecule has 0 saturated carbocycles. The van der Waals surface area contributed by atoms with E-state index in [2.05, 4.69) is 22.4 Å². The monoisotopic (exact) mass is 412 g/mol. The van der Waals surface area contributed by atoms with Crippen molar-refractivity contribution in [2.75, 3.05) is 16.8 Å². The fraction of sp³-hybridized carbons (Fsp3) is 0.300. The quantitative estimate of drug-likeness (QED) is 0.689. The molecule has 0 unspecified atom stereocenters. The summed E-state index contributed by atoms with van der Waals surface area (Å²) in [7, 11) is 0. The van der Waals surface area contributed by atoms with Crippen molar-refractivity contribution in [3.63, 3.8) is 0 Å². The fourth-order valence-electron chi connectivity index (χ4n) is 3.20. The molecule has 1 saturated heterocycles. The Balaban J connectivity index is 1.42. The Kier molecular flexibility index (Phi) is 5.23. The van der Waals surface area contributed by atoms with Gasteiger partial charge in [0, 0.05) is 29.4 Å². The molecule has 2 aromatic heterocycles. The minimum atomic E-state index is -0.107. The van der Waals surface area contributed by atoms with Crippen LogP contribution in [0.15, 0.2) is 35.7 Å². The van der Waals surface area contributed by atoms with Crippen molar-refractivity contribution in [3.8, 4) is 0 Å². The van der Waals surface area contributed by atoms with E-state index in [0.717, 1.165) is 15.6 Å². The predicted molar refractivity (Wildman–Crippen MR) is 112 cm³/mol. The number of aryl methyl sites for hydroxylation is 2. The summed E-state index contributed by atoms with van der Waals surface area (Å²) in [6.07, 6.45) is 0.736. The van der Waals surface area contributed by atoms with Crippen molar-refractivity contribution in [2.24, 2.45) is 0 Å². The van der Waals surface area contributed by atoms with Crippen LogP contribution in [0.3, 0.4) is 0 Å². The number of aromatic nitrogens is 2. The highest BCUT2D eigenvalue weighted by molar-refractivity contribution is 7.15. The molecule has 3 aromatic rings. The summed E-state index contributed by atoms with van der Waals surface area (Å²) in [5.41, 5.74) is 3.30. The van der Waals surface area contributed by atoms with Crippen molar-refractivity contribution < 1.29 is 9.59 Å². The molecular weight excluding hydrogens is 392 g/mol. The Morgan fingerprint density at radius 3 is 2.86 bits per heavy atom. The molecule has 6 nitrogen and oxygen atoms in total. The number of carbonyl (C=O) groups excluding carboxylic acids is 2. The van der Waals surface area contributed by atoms with Crippen LogP contribution in [-0.2, 0) is 16.0 Å². The minimum absolute atomic E-state index is 0.00504. The lowest BCUT2D eigenvalue weighted by Gasteiger charge is -2.17. The SMILES string of the molecule is Cc1ccc(N2C[C@@H](c3nnc(NC(=O)Cc4cccs4)s3)CC2=O)cc1C. The molecule has 0 radical (unpaired) electrons. The summed E-state index contributed by atoms with van der Waals surface area (Å²) < 4.78 is 0. The number of hydrogen-bond donors (Lipinski definition) is 1. The molecule has 0 spiro atoms. The van der Waals surface area contributed by atoms with Crippen LogP contribution in [0.2, 0.25) is 0 Å². The van der Waals surface area contributed by atoms with Gasteiger partial charge in [0.1, 0.15) is 5.01 Å². The van der Waals surface area contributed by atoms with Crippen LogP contribution in [0, 0.1) is 13.8 Å². The molecule has 1 N–H and O–H groups in total. The van der Waals surface area contributed by atoms with Crippen molar-refractivity contribution in [1.82, 2.24) is 10.2 Å². The van der Waals surface area contributed by atoms with E-state index in [9.17, 15) is 9.59 Å². The lowest BCUT2D eigenvalue weighted by atomic mass is 10.1. The first kappa shape index (κ1) is 18.8. The zero-order valence-corrected chi connectivity index (χ0v) is 17.3. The van der Waals surface area contributed by atoms with E-state index < -0.39 is 0 Å². The highest BCUT2D eigenvalue weighted by Gasteiger charge is 2.34. The second kappa shape index (κ2) is 7.81. The first-order valence-corrected chi connectivity index (χ1v) is 10.7. The van der Waals surface area contributed by atoms with E-state index >= 15 is 0 Å². The van der Waals surface area contributed by atoms with Gasteiger partial charge < -0.3 is 10.2 Å². The number of rotatable bonds is 5. The molecule has 3 heterocycles. The molecule has 2 amide bonds. The van der Waals surface area contributed by atoms with Gasteiger partial charge in [-0.05, 0) is 48.6 Å². The topological polar surface area (TPSA) is 75.2 Å². The number of thiophene rings is 1. The van der Waals surface area contributed by atoms with Crippen LogP contribution < -0.4 is 10.2 Å². The van der Waals surface area contributed by atoms with Gasteiger partial charge in [0.2, 0.25) is 16.9 Å². The van der Waals surface area contributed by atoms with E-state index in [0.29, 0.717) is 24.5 Å². The van der Waals surface area contributed by atoms with Crippen molar-refractivity contribution in [1.29, 1.82) is 0 Å². The van der Waals surface area contributed by atoms with Crippen LogP contribution in [0.5, 0.6) is 0 Å². The van der Waals surface area contributed by atoms with Crippen molar-refractivity contribution in [2.45, 2.75) is 32.6 Å². The second-order valence-corrected chi connectivity index (χ2v) is 8.97. The molecule has 144 valence electrons. The molecule has 1 fully saturated rings. The first-order valence-electron chi connectivity index (χ1n) is 9.03. The fourth-order valence-corrected chi connectivity index (χ4v) is 4.76. The third kappa shape index (κ3) is 3.98. The zero-order chi connectivity index (χ0) is 19.7. The summed E-state index contributed by atoms with van der Waals surface area (Å²) in [6, 6.07) is 9.93. The van der Waals surface area contributed by atoms with Crippen LogP contribution in [-0.4, -0.2) is 28.6 Å². The summed E-state index contributed by atoms with van der Waals surface area (Å²) >= 11 is 2.90. The predicted octanol–water partition coefficient (Wildman–Crippen LogP) is 3.92. The number of nitrogens with one attached hydrogen (secondary N) is 1. The number of nitrogens with zero attached hydrogens (tertiary/aromatic N) is 3. The third-order valence-corrected chi connectivity index (χ3v) is 6.76. The molecule has 0 aliphatic carbocycles. The Labute approximate surface area is 171 Å². The molecule has 0 bridgehead atoms. The minimum Gasteiger partial charge on any atom is -0.312 e. The smallest absolute Gasteiger partial charge is 0.231 e. The third-order valence-electron chi connectivity index (χ3n) is 4.88. The zero-order valence-electron chi connectivity index (χ0n) is 15.6. The van der Waals surface area contributed by atoms with E-state index in [1.54, 1.807) is 11.3 Å². The summed E-state index contributed by atoms with van der Waals surface area (Å²) in [5.74, 6) is -0.0225. The lowest BCUT2D eigenvalue weighted by molar-refractivity contribution is -0.117. The molecule has 1 aromatic carbocycles. The standard InChI is InChI=1S/C20H20N4O2S2/c1-12-5-6-15(8-13(12)2)24-11-14(9-18(24)26)19-22-23-20(28-19)21-17(25)10-16-4-3-7-27-16/h3-8,14H,9-11H2,1-2H3,(H,21,23,25)/t14-/m0/s1. The molecule has 8 heteroatoms. The van der Waals surface area contributed by atoms with Gasteiger partial charge in [0.15, 0.2) is 0 Å². The Bertz CT molecular complexity index is 1010. The largest absolute Gasteiger partial charge is 0.312 e. The Morgan fingerprint density at radius 2 is 2.11 bits per heavy atom.